The van der Waals surface area contributed by atoms with Gasteiger partial charge in [-0.15, -0.1) is 11.3 Å². The molecule has 27 heavy (non-hydrogen) atoms. The van der Waals surface area contributed by atoms with Gasteiger partial charge in [0.15, 0.2) is 0 Å². The van der Waals surface area contributed by atoms with E-state index in [4.69, 9.17) is 11.6 Å². The second kappa shape index (κ2) is 5.81. The van der Waals surface area contributed by atoms with Crippen LogP contribution in [0.5, 0.6) is 0 Å². The third-order valence-electron chi connectivity index (χ3n) is 5.57. The maximum absolute atomic E-state index is 13.3. The number of carbonyl (C=O) groups is 2. The van der Waals surface area contributed by atoms with Gasteiger partial charge >= 0.3 is 6.03 Å². The van der Waals surface area contributed by atoms with Gasteiger partial charge in [-0.05, 0) is 48.9 Å². The summed E-state index contributed by atoms with van der Waals surface area (Å²) in [5, 5.41) is 5.58. The average molecular weight is 401 g/mol. The maximum atomic E-state index is 13.3. The molecule has 6 nitrogen and oxygen atoms in total. The quantitative estimate of drug-likeness (QED) is 0.668. The summed E-state index contributed by atoms with van der Waals surface area (Å²) in [6.07, 6.45) is 2.48. The Bertz CT molecular complexity index is 1100. The number of nitrogens with one attached hydrogen (secondary N) is 1. The van der Waals surface area contributed by atoms with Crippen molar-refractivity contribution in [3.8, 4) is 0 Å². The largest absolute Gasteiger partial charge is 0.330 e. The van der Waals surface area contributed by atoms with Crippen LogP contribution in [0.4, 0.5) is 4.79 Å². The van der Waals surface area contributed by atoms with Crippen LogP contribution in [0.2, 0.25) is 5.02 Å². The average Bonchev–Trinajstić information content (AvgIpc) is 3.29. The molecule has 1 spiro atoms. The lowest BCUT2D eigenvalue weighted by atomic mass is 9.80. The number of benzene rings is 1. The van der Waals surface area contributed by atoms with Gasteiger partial charge in [-0.25, -0.2) is 9.78 Å². The van der Waals surface area contributed by atoms with E-state index < -0.39 is 5.54 Å². The van der Waals surface area contributed by atoms with Gasteiger partial charge in [0.25, 0.3) is 5.91 Å². The van der Waals surface area contributed by atoms with Gasteiger partial charge < -0.3 is 9.88 Å². The maximum Gasteiger partial charge on any atom is 0.325 e. The zero-order valence-corrected chi connectivity index (χ0v) is 16.2. The Morgan fingerprint density at radius 2 is 2.19 bits per heavy atom. The summed E-state index contributed by atoms with van der Waals surface area (Å²) in [7, 11) is 1.88. The van der Waals surface area contributed by atoms with Crippen LogP contribution in [-0.4, -0.2) is 26.4 Å². The number of hydrogen-bond donors (Lipinski definition) is 1. The second-order valence-corrected chi connectivity index (χ2v) is 8.49. The van der Waals surface area contributed by atoms with E-state index in [0.29, 0.717) is 17.3 Å². The van der Waals surface area contributed by atoms with Crippen LogP contribution < -0.4 is 5.32 Å². The highest BCUT2D eigenvalue weighted by Gasteiger charge is 2.54. The van der Waals surface area contributed by atoms with Crippen molar-refractivity contribution < 1.29 is 9.59 Å². The van der Waals surface area contributed by atoms with Crippen LogP contribution in [0, 0.1) is 0 Å². The Kier molecular flexibility index (Phi) is 3.61. The van der Waals surface area contributed by atoms with Gasteiger partial charge in [0.05, 0.1) is 17.6 Å². The number of fused-ring (bicyclic) bond motifs is 3. The molecule has 2 aliphatic rings. The number of aromatic nitrogens is 2. The Balaban J connectivity index is 1.52. The molecule has 2 aromatic heterocycles. The zero-order chi connectivity index (χ0) is 18.8. The first-order valence-corrected chi connectivity index (χ1v) is 10.1. The number of imidazole rings is 1. The number of amides is 3. The molecule has 138 valence electrons. The Hall–Kier alpha value is -2.38. The van der Waals surface area contributed by atoms with Gasteiger partial charge in [0.1, 0.15) is 11.4 Å². The number of rotatable bonds is 2. The summed E-state index contributed by atoms with van der Waals surface area (Å²) >= 11 is 7.70. The number of aryl methyl sites for hydroxylation is 2. The number of urea groups is 1. The molecule has 0 bridgehead atoms. The fourth-order valence-corrected chi connectivity index (χ4v) is 5.36. The van der Waals surface area contributed by atoms with Crippen molar-refractivity contribution in [1.82, 2.24) is 19.8 Å². The molecule has 1 saturated heterocycles. The predicted molar refractivity (Wildman–Crippen MR) is 104 cm³/mol. The molecule has 0 radical (unpaired) electrons. The normalized spacial score (nSPS) is 21.9. The van der Waals surface area contributed by atoms with Crippen LogP contribution in [-0.2, 0) is 30.3 Å². The van der Waals surface area contributed by atoms with E-state index in [2.05, 4.69) is 10.3 Å². The molecule has 3 amide bonds. The van der Waals surface area contributed by atoms with E-state index in [1.807, 2.05) is 29.1 Å². The Morgan fingerprint density at radius 1 is 1.33 bits per heavy atom. The molecule has 1 aliphatic carbocycles. The third-order valence-corrected chi connectivity index (χ3v) is 6.79. The number of thiophene rings is 1. The first-order chi connectivity index (χ1) is 13.0. The Morgan fingerprint density at radius 3 is 3.04 bits per heavy atom. The minimum atomic E-state index is -0.918. The summed E-state index contributed by atoms with van der Waals surface area (Å²) < 4.78 is 1.90. The summed E-state index contributed by atoms with van der Waals surface area (Å²) in [5.74, 6) is 0.464. The highest BCUT2D eigenvalue weighted by Crippen LogP contribution is 2.42. The van der Waals surface area contributed by atoms with E-state index >= 15 is 0 Å². The molecule has 5 rings (SSSR count). The molecule has 3 aromatic rings. The molecule has 1 atom stereocenters. The molecule has 8 heteroatoms. The van der Waals surface area contributed by atoms with E-state index in [1.54, 1.807) is 23.5 Å². The summed E-state index contributed by atoms with van der Waals surface area (Å²) in [4.78, 5) is 33.1. The first kappa shape index (κ1) is 16.8. The van der Waals surface area contributed by atoms with E-state index in [9.17, 15) is 9.59 Å². The lowest BCUT2D eigenvalue weighted by Gasteiger charge is -2.31. The fourth-order valence-electron chi connectivity index (χ4n) is 4.19. The molecule has 1 aromatic carbocycles. The van der Waals surface area contributed by atoms with Gasteiger partial charge in [0, 0.05) is 22.5 Å². The number of hydrogen-bond acceptors (Lipinski definition) is 4. The smallest absolute Gasteiger partial charge is 0.325 e. The van der Waals surface area contributed by atoms with Crippen LogP contribution in [0.15, 0.2) is 29.6 Å². The topological polar surface area (TPSA) is 67.2 Å². The minimum Gasteiger partial charge on any atom is -0.330 e. The summed E-state index contributed by atoms with van der Waals surface area (Å²) in [6, 6.07) is 7.09. The fraction of sp³-hybridized carbons (Fsp3) is 0.316. The van der Waals surface area contributed by atoms with Crippen molar-refractivity contribution in [3.05, 3.63) is 50.9 Å². The van der Waals surface area contributed by atoms with Gasteiger partial charge in [0.2, 0.25) is 0 Å². The second-order valence-electron chi connectivity index (χ2n) is 7.06. The highest BCUT2D eigenvalue weighted by molar-refractivity contribution is 7.10. The summed E-state index contributed by atoms with van der Waals surface area (Å²) in [5.41, 5.74) is 1.70. The zero-order valence-electron chi connectivity index (χ0n) is 14.7. The number of carbonyl (C=O) groups excluding carboxylic acids is 2. The van der Waals surface area contributed by atoms with Crippen molar-refractivity contribution in [2.45, 2.75) is 31.3 Å². The lowest BCUT2D eigenvalue weighted by molar-refractivity contribution is -0.132. The van der Waals surface area contributed by atoms with Crippen molar-refractivity contribution in [1.29, 1.82) is 0 Å². The van der Waals surface area contributed by atoms with Crippen LogP contribution in [0.25, 0.3) is 11.0 Å². The van der Waals surface area contributed by atoms with Gasteiger partial charge in [-0.1, -0.05) is 11.6 Å². The minimum absolute atomic E-state index is 0.134. The van der Waals surface area contributed by atoms with Crippen molar-refractivity contribution in [2.24, 2.45) is 7.05 Å². The molecular weight excluding hydrogens is 384 g/mol. The van der Waals surface area contributed by atoms with Gasteiger partial charge in [-0.2, -0.15) is 0 Å². The molecular formula is C19H17ClN4O2S. The number of imide groups is 1. The summed E-state index contributed by atoms with van der Waals surface area (Å²) in [6.45, 7) is 0.134. The number of nitrogens with zero attached hydrogens (tertiary/aromatic N) is 3. The standard InChI is InChI=1S/C19H17ClN4O2S/c1-23-14-5-4-11(20)9-13(14)21-16(23)10-24-17(25)19(22-18(24)26)7-2-3-15-12(19)6-8-27-15/h4-6,8-9H,2-3,7,10H2,1H3,(H,22,26). The molecule has 3 heterocycles. The third kappa shape index (κ3) is 2.34. The first-order valence-electron chi connectivity index (χ1n) is 8.81. The van der Waals surface area contributed by atoms with E-state index in [-0.39, 0.29) is 18.5 Å². The van der Waals surface area contributed by atoms with Crippen LogP contribution in [0.3, 0.4) is 0 Å². The molecule has 1 unspecified atom stereocenters. The Labute approximate surface area is 164 Å². The van der Waals surface area contributed by atoms with Crippen molar-refractivity contribution in [2.75, 3.05) is 0 Å². The molecule has 1 aliphatic heterocycles. The predicted octanol–water partition coefficient (Wildman–Crippen LogP) is 3.57. The molecule has 1 fully saturated rings. The molecule has 0 saturated carbocycles. The molecule has 1 N–H and O–H groups in total. The van der Waals surface area contributed by atoms with Crippen LogP contribution >= 0.6 is 22.9 Å². The van der Waals surface area contributed by atoms with E-state index in [0.717, 1.165) is 29.4 Å². The number of halogens is 1. The van der Waals surface area contributed by atoms with Crippen LogP contribution in [0.1, 0.15) is 29.1 Å². The van der Waals surface area contributed by atoms with Gasteiger partial charge in [-0.3, -0.25) is 9.69 Å². The SMILES string of the molecule is Cn1c(CN2C(=O)NC3(CCCc4sccc43)C2=O)nc2cc(Cl)ccc21. The van der Waals surface area contributed by atoms with Crippen molar-refractivity contribution >= 4 is 45.9 Å². The highest BCUT2D eigenvalue weighted by atomic mass is 35.5. The monoisotopic (exact) mass is 400 g/mol. The van der Waals surface area contributed by atoms with E-state index in [1.165, 1.54) is 9.78 Å². The lowest BCUT2D eigenvalue weighted by Crippen LogP contribution is -2.46. The van der Waals surface area contributed by atoms with Crippen molar-refractivity contribution in [3.63, 3.8) is 0 Å².